The highest BCUT2D eigenvalue weighted by Gasteiger charge is 2.11. The summed E-state index contributed by atoms with van der Waals surface area (Å²) in [6.07, 6.45) is 0.899. The third kappa shape index (κ3) is 2.98. The average molecular weight is 207 g/mol. The number of carbonyl (C=O) groups is 1. The number of rotatable bonds is 4. The molecule has 1 rings (SSSR count). The van der Waals surface area contributed by atoms with Gasteiger partial charge in [0.1, 0.15) is 6.04 Å². The minimum atomic E-state index is -0.836. The summed E-state index contributed by atoms with van der Waals surface area (Å²) in [5.74, 6) is -0.836. The van der Waals surface area contributed by atoms with Crippen LogP contribution in [0.2, 0.25) is 0 Å². The van der Waals surface area contributed by atoms with Crippen molar-refractivity contribution in [2.75, 3.05) is 5.32 Å². The van der Waals surface area contributed by atoms with Crippen molar-refractivity contribution in [2.24, 2.45) is 0 Å². The van der Waals surface area contributed by atoms with E-state index >= 15 is 0 Å². The molecule has 0 aromatic heterocycles. The number of aryl methyl sites for hydroxylation is 2. The molecular weight excluding hydrogens is 190 g/mol. The van der Waals surface area contributed by atoms with Crippen molar-refractivity contribution in [1.29, 1.82) is 0 Å². The average Bonchev–Trinajstić information content (AvgIpc) is 2.20. The smallest absolute Gasteiger partial charge is 0.325 e. The quantitative estimate of drug-likeness (QED) is 0.797. The lowest BCUT2D eigenvalue weighted by Crippen LogP contribution is -2.25. The van der Waals surface area contributed by atoms with Crippen LogP contribution in [0, 0.1) is 6.92 Å². The number of nitrogens with one attached hydrogen (secondary N) is 1. The maximum Gasteiger partial charge on any atom is 0.325 e. The van der Waals surface area contributed by atoms with Crippen molar-refractivity contribution in [3.63, 3.8) is 0 Å². The van der Waals surface area contributed by atoms with E-state index in [0.717, 1.165) is 17.7 Å². The van der Waals surface area contributed by atoms with Crippen LogP contribution in [0.1, 0.15) is 25.0 Å². The molecule has 3 heteroatoms. The van der Waals surface area contributed by atoms with Gasteiger partial charge in [0.05, 0.1) is 0 Å². The summed E-state index contributed by atoms with van der Waals surface area (Å²) in [5.41, 5.74) is 3.27. The highest BCUT2D eigenvalue weighted by Crippen LogP contribution is 2.18. The fourth-order valence-electron chi connectivity index (χ4n) is 1.45. The highest BCUT2D eigenvalue weighted by atomic mass is 16.4. The van der Waals surface area contributed by atoms with E-state index in [4.69, 9.17) is 5.11 Å². The molecule has 3 nitrogen and oxygen atoms in total. The molecule has 2 N–H and O–H groups in total. The number of benzene rings is 1. The van der Waals surface area contributed by atoms with Gasteiger partial charge in [0.15, 0.2) is 0 Å². The molecule has 0 fully saturated rings. The minimum absolute atomic E-state index is 0.557. The molecule has 0 amide bonds. The van der Waals surface area contributed by atoms with Crippen LogP contribution in [0.15, 0.2) is 18.2 Å². The third-order valence-corrected chi connectivity index (χ3v) is 2.38. The summed E-state index contributed by atoms with van der Waals surface area (Å²) in [7, 11) is 0. The number of carboxylic acid groups (broad SMARTS) is 1. The largest absolute Gasteiger partial charge is 0.480 e. The van der Waals surface area contributed by atoms with Gasteiger partial charge in [-0.15, -0.1) is 0 Å². The Kier molecular flexibility index (Phi) is 3.72. The van der Waals surface area contributed by atoms with Gasteiger partial charge in [-0.05, 0) is 31.9 Å². The second kappa shape index (κ2) is 4.82. The van der Waals surface area contributed by atoms with Crippen LogP contribution < -0.4 is 5.32 Å². The molecular formula is C12H17NO2. The standard InChI is InChI=1S/C12H17NO2/c1-4-10-7-8(2)5-6-11(10)13-9(3)12(14)15/h5-7,9,13H,4H2,1-3H3,(H,14,15). The fraction of sp³-hybridized carbons (Fsp3) is 0.417. The number of aliphatic carboxylic acids is 1. The first kappa shape index (κ1) is 11.6. The van der Waals surface area contributed by atoms with E-state index < -0.39 is 12.0 Å². The zero-order chi connectivity index (χ0) is 11.4. The summed E-state index contributed by atoms with van der Waals surface area (Å²) in [6.45, 7) is 5.73. The van der Waals surface area contributed by atoms with Gasteiger partial charge in [-0.1, -0.05) is 24.6 Å². The lowest BCUT2D eigenvalue weighted by molar-refractivity contribution is -0.137. The van der Waals surface area contributed by atoms with Crippen LogP contribution in [-0.4, -0.2) is 17.1 Å². The summed E-state index contributed by atoms with van der Waals surface area (Å²) < 4.78 is 0. The van der Waals surface area contributed by atoms with E-state index in [1.165, 1.54) is 5.56 Å². The molecule has 0 radical (unpaired) electrons. The minimum Gasteiger partial charge on any atom is -0.480 e. The Morgan fingerprint density at radius 1 is 1.53 bits per heavy atom. The Morgan fingerprint density at radius 2 is 2.20 bits per heavy atom. The molecule has 1 aromatic carbocycles. The Morgan fingerprint density at radius 3 is 2.73 bits per heavy atom. The molecule has 0 aliphatic carbocycles. The van der Waals surface area contributed by atoms with Crippen molar-refractivity contribution in [3.8, 4) is 0 Å². The van der Waals surface area contributed by atoms with Crippen LogP contribution in [0.25, 0.3) is 0 Å². The van der Waals surface area contributed by atoms with E-state index in [0.29, 0.717) is 0 Å². The molecule has 0 aliphatic rings. The SMILES string of the molecule is CCc1cc(C)ccc1NC(C)C(=O)O. The van der Waals surface area contributed by atoms with Crippen molar-refractivity contribution in [2.45, 2.75) is 33.2 Å². The molecule has 0 saturated heterocycles. The van der Waals surface area contributed by atoms with E-state index in [9.17, 15) is 4.79 Å². The van der Waals surface area contributed by atoms with Gasteiger partial charge in [-0.3, -0.25) is 4.79 Å². The Hall–Kier alpha value is -1.51. The third-order valence-electron chi connectivity index (χ3n) is 2.38. The monoisotopic (exact) mass is 207 g/mol. The number of hydrogen-bond acceptors (Lipinski definition) is 2. The molecule has 0 aliphatic heterocycles. The van der Waals surface area contributed by atoms with Gasteiger partial charge in [-0.2, -0.15) is 0 Å². The number of carboxylic acids is 1. The van der Waals surface area contributed by atoms with Crippen molar-refractivity contribution >= 4 is 11.7 Å². The second-order valence-corrected chi connectivity index (χ2v) is 3.72. The molecule has 15 heavy (non-hydrogen) atoms. The number of hydrogen-bond donors (Lipinski definition) is 2. The highest BCUT2D eigenvalue weighted by molar-refractivity contribution is 5.77. The van der Waals surface area contributed by atoms with E-state index in [1.54, 1.807) is 6.92 Å². The van der Waals surface area contributed by atoms with Gasteiger partial charge in [0.25, 0.3) is 0 Å². The van der Waals surface area contributed by atoms with Gasteiger partial charge in [0.2, 0.25) is 0 Å². The molecule has 1 unspecified atom stereocenters. The summed E-state index contributed by atoms with van der Waals surface area (Å²) in [5, 5.41) is 11.8. The van der Waals surface area contributed by atoms with Crippen LogP contribution >= 0.6 is 0 Å². The lowest BCUT2D eigenvalue weighted by Gasteiger charge is -2.14. The molecule has 0 saturated carbocycles. The van der Waals surface area contributed by atoms with Crippen LogP contribution in [0.5, 0.6) is 0 Å². The molecule has 1 aromatic rings. The first-order valence-electron chi connectivity index (χ1n) is 5.13. The van der Waals surface area contributed by atoms with Gasteiger partial charge in [-0.25, -0.2) is 0 Å². The fourth-order valence-corrected chi connectivity index (χ4v) is 1.45. The molecule has 0 bridgehead atoms. The Balaban J connectivity index is 2.89. The summed E-state index contributed by atoms with van der Waals surface area (Å²) in [6, 6.07) is 5.44. The molecule has 82 valence electrons. The number of anilines is 1. The van der Waals surface area contributed by atoms with Gasteiger partial charge in [0, 0.05) is 5.69 Å². The predicted octanol–water partition coefficient (Wildman–Crippen LogP) is 2.44. The zero-order valence-corrected chi connectivity index (χ0v) is 9.37. The van der Waals surface area contributed by atoms with Crippen molar-refractivity contribution in [1.82, 2.24) is 0 Å². The van der Waals surface area contributed by atoms with Crippen LogP contribution in [0.3, 0.4) is 0 Å². The maximum absolute atomic E-state index is 10.7. The van der Waals surface area contributed by atoms with Gasteiger partial charge >= 0.3 is 5.97 Å². The predicted molar refractivity (Wildman–Crippen MR) is 61.3 cm³/mol. The van der Waals surface area contributed by atoms with Gasteiger partial charge < -0.3 is 10.4 Å². The van der Waals surface area contributed by atoms with Crippen LogP contribution in [0.4, 0.5) is 5.69 Å². The van der Waals surface area contributed by atoms with Crippen molar-refractivity contribution < 1.29 is 9.90 Å². The summed E-state index contributed by atoms with van der Waals surface area (Å²) >= 11 is 0. The normalized spacial score (nSPS) is 12.2. The van der Waals surface area contributed by atoms with Crippen molar-refractivity contribution in [3.05, 3.63) is 29.3 Å². The topological polar surface area (TPSA) is 49.3 Å². The lowest BCUT2D eigenvalue weighted by atomic mass is 10.1. The first-order valence-corrected chi connectivity index (χ1v) is 5.13. The molecule has 0 heterocycles. The summed E-state index contributed by atoms with van der Waals surface area (Å²) in [4.78, 5) is 10.7. The maximum atomic E-state index is 10.7. The van der Waals surface area contributed by atoms with E-state index in [1.807, 2.05) is 19.1 Å². The zero-order valence-electron chi connectivity index (χ0n) is 9.37. The Labute approximate surface area is 90.1 Å². The molecule has 0 spiro atoms. The Bertz CT molecular complexity index is 361. The van der Waals surface area contributed by atoms with E-state index in [-0.39, 0.29) is 0 Å². The molecule has 1 atom stereocenters. The second-order valence-electron chi connectivity index (χ2n) is 3.72. The van der Waals surface area contributed by atoms with Crippen LogP contribution in [-0.2, 0) is 11.2 Å². The first-order chi connectivity index (χ1) is 7.04. The van der Waals surface area contributed by atoms with E-state index in [2.05, 4.69) is 18.3 Å².